The molecule has 1 aliphatic rings. The van der Waals surface area contributed by atoms with Crippen LogP contribution in [0.1, 0.15) is 49.5 Å². The highest BCUT2D eigenvalue weighted by molar-refractivity contribution is 7.22. The van der Waals surface area contributed by atoms with Gasteiger partial charge in [-0.1, -0.05) is 46.8 Å². The number of pyridine rings is 1. The summed E-state index contributed by atoms with van der Waals surface area (Å²) < 4.78 is 6.16. The first-order valence-corrected chi connectivity index (χ1v) is 11.9. The monoisotopic (exact) mass is 462 g/mol. The van der Waals surface area contributed by atoms with Gasteiger partial charge in [-0.05, 0) is 43.9 Å². The SMILES string of the molecule is Cc1nc(C(C)(C)c2cnc3nc(N4CCCC4C(=O)NCc4ccccc4)sc3c2)no1. The van der Waals surface area contributed by atoms with E-state index < -0.39 is 5.41 Å². The van der Waals surface area contributed by atoms with Crippen molar-refractivity contribution in [2.75, 3.05) is 11.4 Å². The fraction of sp³-hybridized carbons (Fsp3) is 0.375. The van der Waals surface area contributed by atoms with E-state index in [0.29, 0.717) is 23.9 Å². The molecule has 0 saturated carbocycles. The molecule has 1 atom stereocenters. The lowest BCUT2D eigenvalue weighted by molar-refractivity contribution is -0.122. The Bertz CT molecular complexity index is 1280. The molecule has 33 heavy (non-hydrogen) atoms. The number of thiazole rings is 1. The topological polar surface area (TPSA) is 97.0 Å². The van der Waals surface area contributed by atoms with Gasteiger partial charge < -0.3 is 14.7 Å². The molecular weight excluding hydrogens is 436 g/mol. The van der Waals surface area contributed by atoms with Crippen LogP contribution in [0.4, 0.5) is 5.13 Å². The van der Waals surface area contributed by atoms with E-state index in [0.717, 1.165) is 40.3 Å². The van der Waals surface area contributed by atoms with E-state index in [1.807, 2.05) is 36.5 Å². The van der Waals surface area contributed by atoms with Gasteiger partial charge in [0.1, 0.15) is 6.04 Å². The number of fused-ring (bicyclic) bond motifs is 1. The molecule has 1 N–H and O–H groups in total. The molecule has 1 unspecified atom stereocenters. The molecule has 0 spiro atoms. The Balaban J connectivity index is 1.36. The van der Waals surface area contributed by atoms with Crippen LogP contribution in [0.15, 0.2) is 47.1 Å². The zero-order chi connectivity index (χ0) is 23.0. The molecule has 3 aromatic heterocycles. The molecule has 5 rings (SSSR count). The number of carbonyl (C=O) groups is 1. The molecule has 1 aliphatic heterocycles. The van der Waals surface area contributed by atoms with Crippen molar-refractivity contribution in [3.63, 3.8) is 0 Å². The minimum absolute atomic E-state index is 0.0397. The third-order valence-corrected chi connectivity index (χ3v) is 7.18. The van der Waals surface area contributed by atoms with Crippen LogP contribution in [0.25, 0.3) is 10.3 Å². The first-order chi connectivity index (χ1) is 15.9. The minimum atomic E-state index is -0.448. The van der Waals surface area contributed by atoms with Crippen LogP contribution in [0.3, 0.4) is 0 Å². The summed E-state index contributed by atoms with van der Waals surface area (Å²) in [6.07, 6.45) is 3.60. The molecule has 0 aliphatic carbocycles. The maximum Gasteiger partial charge on any atom is 0.243 e. The highest BCUT2D eigenvalue weighted by Gasteiger charge is 2.33. The van der Waals surface area contributed by atoms with Crippen LogP contribution in [-0.2, 0) is 16.8 Å². The van der Waals surface area contributed by atoms with Crippen molar-refractivity contribution >= 4 is 32.7 Å². The average molecular weight is 463 g/mol. The second-order valence-corrected chi connectivity index (χ2v) is 9.87. The number of carbonyl (C=O) groups excluding carboxylic acids is 1. The summed E-state index contributed by atoms with van der Waals surface area (Å²) >= 11 is 1.57. The largest absolute Gasteiger partial charge is 0.350 e. The number of hydrogen-bond acceptors (Lipinski definition) is 8. The predicted molar refractivity (Wildman–Crippen MR) is 127 cm³/mol. The van der Waals surface area contributed by atoms with Gasteiger partial charge in [0.05, 0.1) is 10.1 Å². The molecule has 170 valence electrons. The standard InChI is InChI=1S/C24H26N6O2S/c1-15-27-22(29-32-15)24(2,3)17-12-19-20(25-14-17)28-23(33-19)30-11-7-10-18(30)21(31)26-13-16-8-5-4-6-9-16/h4-6,8-9,12,14,18H,7,10-11,13H2,1-3H3,(H,26,31). The lowest BCUT2D eigenvalue weighted by atomic mass is 9.85. The number of hydrogen-bond donors (Lipinski definition) is 1. The van der Waals surface area contributed by atoms with Crippen molar-refractivity contribution < 1.29 is 9.32 Å². The fourth-order valence-corrected chi connectivity index (χ4v) is 5.17. The highest BCUT2D eigenvalue weighted by atomic mass is 32.1. The molecule has 9 heteroatoms. The molecule has 1 amide bonds. The number of rotatable bonds is 6. The van der Waals surface area contributed by atoms with Gasteiger partial charge in [0.25, 0.3) is 0 Å². The molecule has 0 bridgehead atoms. The van der Waals surface area contributed by atoms with E-state index in [4.69, 9.17) is 9.51 Å². The van der Waals surface area contributed by atoms with E-state index in [2.05, 4.69) is 45.3 Å². The van der Waals surface area contributed by atoms with E-state index in [-0.39, 0.29) is 11.9 Å². The predicted octanol–water partition coefficient (Wildman–Crippen LogP) is 3.99. The Morgan fingerprint density at radius 1 is 1.27 bits per heavy atom. The van der Waals surface area contributed by atoms with Crippen LogP contribution in [0, 0.1) is 6.92 Å². The van der Waals surface area contributed by atoms with Gasteiger partial charge in [-0.15, -0.1) is 0 Å². The Morgan fingerprint density at radius 3 is 2.85 bits per heavy atom. The summed E-state index contributed by atoms with van der Waals surface area (Å²) in [5.41, 5.74) is 2.32. The molecule has 4 heterocycles. The quantitative estimate of drug-likeness (QED) is 0.463. The van der Waals surface area contributed by atoms with E-state index in [1.54, 1.807) is 18.3 Å². The van der Waals surface area contributed by atoms with Gasteiger partial charge in [0.2, 0.25) is 11.8 Å². The molecule has 4 aromatic rings. The maximum absolute atomic E-state index is 12.9. The zero-order valence-corrected chi connectivity index (χ0v) is 19.7. The van der Waals surface area contributed by atoms with Crippen molar-refractivity contribution in [2.45, 2.75) is 51.6 Å². The normalized spacial score (nSPS) is 16.5. The number of aromatic nitrogens is 4. The van der Waals surface area contributed by atoms with E-state index >= 15 is 0 Å². The van der Waals surface area contributed by atoms with Gasteiger partial charge >= 0.3 is 0 Å². The number of nitrogens with one attached hydrogen (secondary N) is 1. The smallest absolute Gasteiger partial charge is 0.243 e. The Hall–Kier alpha value is -3.33. The van der Waals surface area contributed by atoms with Crippen molar-refractivity contribution in [1.29, 1.82) is 0 Å². The zero-order valence-electron chi connectivity index (χ0n) is 18.9. The fourth-order valence-electron chi connectivity index (χ4n) is 4.13. The van der Waals surface area contributed by atoms with Gasteiger partial charge in [-0.3, -0.25) is 4.79 Å². The van der Waals surface area contributed by atoms with Crippen LogP contribution < -0.4 is 10.2 Å². The maximum atomic E-state index is 12.9. The van der Waals surface area contributed by atoms with Crippen molar-refractivity contribution in [2.24, 2.45) is 0 Å². The number of benzene rings is 1. The summed E-state index contributed by atoms with van der Waals surface area (Å²) in [4.78, 5) is 28.8. The van der Waals surface area contributed by atoms with Gasteiger partial charge in [-0.25, -0.2) is 4.98 Å². The molecule has 0 radical (unpaired) electrons. The highest BCUT2D eigenvalue weighted by Crippen LogP contribution is 2.36. The molecule has 1 saturated heterocycles. The summed E-state index contributed by atoms with van der Waals surface area (Å²) in [6.45, 7) is 7.22. The third kappa shape index (κ3) is 4.20. The van der Waals surface area contributed by atoms with Gasteiger partial charge in [0, 0.05) is 26.2 Å². The number of anilines is 1. The second kappa shape index (κ2) is 8.55. The first kappa shape index (κ1) is 21.5. The number of nitrogens with zero attached hydrogens (tertiary/aromatic N) is 5. The van der Waals surface area contributed by atoms with Crippen molar-refractivity contribution in [3.8, 4) is 0 Å². The lowest BCUT2D eigenvalue weighted by Gasteiger charge is -2.23. The number of aryl methyl sites for hydroxylation is 1. The van der Waals surface area contributed by atoms with Gasteiger partial charge in [-0.2, -0.15) is 9.97 Å². The average Bonchev–Trinajstić information content (AvgIpc) is 3.56. The van der Waals surface area contributed by atoms with Crippen LogP contribution in [-0.4, -0.2) is 38.6 Å². The Labute approximate surface area is 196 Å². The van der Waals surface area contributed by atoms with Gasteiger partial charge in [0.15, 0.2) is 16.6 Å². The lowest BCUT2D eigenvalue weighted by Crippen LogP contribution is -2.43. The van der Waals surface area contributed by atoms with Crippen molar-refractivity contribution in [3.05, 3.63) is 65.4 Å². The van der Waals surface area contributed by atoms with Crippen molar-refractivity contribution in [1.82, 2.24) is 25.4 Å². The summed E-state index contributed by atoms with van der Waals surface area (Å²) in [6, 6.07) is 11.8. The molecule has 1 aromatic carbocycles. The van der Waals surface area contributed by atoms with E-state index in [9.17, 15) is 4.79 Å². The Morgan fingerprint density at radius 2 is 2.09 bits per heavy atom. The third-order valence-electron chi connectivity index (χ3n) is 6.15. The summed E-state index contributed by atoms with van der Waals surface area (Å²) in [5.74, 6) is 1.20. The van der Waals surface area contributed by atoms with Crippen LogP contribution in [0.2, 0.25) is 0 Å². The molecule has 1 fully saturated rings. The summed E-state index contributed by atoms with van der Waals surface area (Å²) in [7, 11) is 0. The van der Waals surface area contributed by atoms with E-state index in [1.165, 1.54) is 0 Å². The number of amides is 1. The minimum Gasteiger partial charge on any atom is -0.350 e. The molecular formula is C24H26N6O2S. The second-order valence-electron chi connectivity index (χ2n) is 8.86. The van der Waals surface area contributed by atoms with Crippen LogP contribution in [0.5, 0.6) is 0 Å². The van der Waals surface area contributed by atoms with Crippen LogP contribution >= 0.6 is 11.3 Å². The summed E-state index contributed by atoms with van der Waals surface area (Å²) in [5, 5.41) is 8.02. The molecule has 8 nitrogen and oxygen atoms in total. The first-order valence-electron chi connectivity index (χ1n) is 11.1. The Kier molecular flexibility index (Phi) is 5.57.